The van der Waals surface area contributed by atoms with Gasteiger partial charge in [-0.1, -0.05) is 76.2 Å². The van der Waals surface area contributed by atoms with Gasteiger partial charge in [0.15, 0.2) is 23.1 Å². The Labute approximate surface area is 296 Å². The van der Waals surface area contributed by atoms with E-state index in [0.29, 0.717) is 22.3 Å². The number of rotatable bonds is 2. The van der Waals surface area contributed by atoms with Gasteiger partial charge in [0.2, 0.25) is 0 Å². The van der Waals surface area contributed by atoms with E-state index in [1.165, 1.54) is 32.0 Å². The minimum absolute atomic E-state index is 0.218. The van der Waals surface area contributed by atoms with Gasteiger partial charge in [0.05, 0.1) is 11.1 Å². The van der Waals surface area contributed by atoms with Crippen LogP contribution in [0.2, 0.25) is 0 Å². The van der Waals surface area contributed by atoms with E-state index in [2.05, 4.69) is 39.8 Å². The van der Waals surface area contributed by atoms with Gasteiger partial charge in [0.25, 0.3) is 0 Å². The number of fused-ring (bicyclic) bond motifs is 8. The second-order valence-corrected chi connectivity index (χ2v) is 16.9. The summed E-state index contributed by atoms with van der Waals surface area (Å²) in [6.07, 6.45) is 3.57. The van der Waals surface area contributed by atoms with Crippen LogP contribution in [0.5, 0.6) is 0 Å². The lowest BCUT2D eigenvalue weighted by Crippen LogP contribution is -2.16. The normalized spacial score (nSPS) is 17.9. The topological polar surface area (TPSA) is 68.3 Å². The number of hydrogen-bond donors (Lipinski definition) is 0. The Hall–Kier alpha value is -5.30. The van der Waals surface area contributed by atoms with Crippen LogP contribution >= 0.6 is 22.7 Å². The largest absolute Gasteiger partial charge is 0.288 e. The lowest BCUT2D eigenvalue weighted by Gasteiger charge is -2.23. The molecular formula is C44H28O4S2. The van der Waals surface area contributed by atoms with E-state index >= 15 is 0 Å². The van der Waals surface area contributed by atoms with Crippen molar-refractivity contribution in [2.45, 2.75) is 38.5 Å². The highest BCUT2D eigenvalue weighted by molar-refractivity contribution is 7.16. The number of thiophene rings is 2. The molecule has 4 nitrogen and oxygen atoms in total. The smallest absolute Gasteiger partial charge is 0.197 e. The summed E-state index contributed by atoms with van der Waals surface area (Å²) < 4.78 is 0. The number of hydrogen-bond acceptors (Lipinski definition) is 6. The summed E-state index contributed by atoms with van der Waals surface area (Å²) in [5.41, 5.74) is 6.61. The van der Waals surface area contributed by atoms with Gasteiger partial charge in [0.1, 0.15) is 0 Å². The van der Waals surface area contributed by atoms with Crippen LogP contribution in [0, 0.1) is 0 Å². The highest BCUT2D eigenvalue weighted by Gasteiger charge is 2.52. The van der Waals surface area contributed by atoms with E-state index in [-0.39, 0.29) is 45.1 Å². The minimum Gasteiger partial charge on any atom is -0.288 e. The number of benzene rings is 4. The van der Waals surface area contributed by atoms with Crippen molar-refractivity contribution in [2.24, 2.45) is 0 Å². The number of carbonyl (C=O) groups excluding carboxylic acids is 4. The molecule has 50 heavy (non-hydrogen) atoms. The molecule has 4 aromatic carbocycles. The summed E-state index contributed by atoms with van der Waals surface area (Å²) in [5.74, 6) is -0.874. The summed E-state index contributed by atoms with van der Waals surface area (Å²) >= 11 is 3.28. The first-order valence-corrected chi connectivity index (χ1v) is 18.3. The van der Waals surface area contributed by atoms with Gasteiger partial charge in [-0.15, -0.1) is 22.7 Å². The summed E-state index contributed by atoms with van der Waals surface area (Å²) in [6.45, 7) is 8.94. The maximum Gasteiger partial charge on any atom is 0.197 e. The van der Waals surface area contributed by atoms with Crippen LogP contribution in [-0.4, -0.2) is 23.1 Å². The maximum absolute atomic E-state index is 13.5. The third-order valence-corrected chi connectivity index (χ3v) is 13.3. The van der Waals surface area contributed by atoms with E-state index in [1.807, 2.05) is 72.8 Å². The van der Waals surface area contributed by atoms with Gasteiger partial charge >= 0.3 is 0 Å². The van der Waals surface area contributed by atoms with E-state index in [4.69, 9.17) is 0 Å². The molecule has 0 bridgehead atoms. The summed E-state index contributed by atoms with van der Waals surface area (Å²) in [5, 5.41) is 3.78. The Bertz CT molecular complexity index is 2470. The molecule has 240 valence electrons. The van der Waals surface area contributed by atoms with Gasteiger partial charge in [-0.3, -0.25) is 19.2 Å². The van der Waals surface area contributed by atoms with Crippen molar-refractivity contribution in [1.29, 1.82) is 0 Å². The molecule has 2 aromatic heterocycles. The lowest BCUT2D eigenvalue weighted by atomic mass is 9.80. The third-order valence-electron chi connectivity index (χ3n) is 11.1. The molecule has 6 aromatic rings. The first kappa shape index (κ1) is 29.6. The molecule has 0 saturated carbocycles. The van der Waals surface area contributed by atoms with E-state index in [0.717, 1.165) is 31.3 Å². The summed E-state index contributed by atoms with van der Waals surface area (Å²) in [4.78, 5) is 58.3. The molecule has 0 unspecified atom stereocenters. The molecule has 0 aliphatic heterocycles. The molecule has 0 saturated heterocycles. The van der Waals surface area contributed by atoms with Gasteiger partial charge < -0.3 is 0 Å². The zero-order chi connectivity index (χ0) is 34.4. The average Bonchev–Trinajstić information content (AvgIpc) is 3.90. The molecule has 10 rings (SSSR count). The van der Waals surface area contributed by atoms with E-state index < -0.39 is 0 Å². The molecule has 6 heteroatoms. The maximum atomic E-state index is 13.5. The van der Waals surface area contributed by atoms with Crippen LogP contribution < -0.4 is 0 Å². The Morgan fingerprint density at radius 1 is 0.460 bits per heavy atom. The van der Waals surface area contributed by atoms with Crippen molar-refractivity contribution in [3.8, 4) is 0 Å². The first-order chi connectivity index (χ1) is 23.9. The first-order valence-electron chi connectivity index (χ1n) is 16.7. The monoisotopic (exact) mass is 684 g/mol. The van der Waals surface area contributed by atoms with Gasteiger partial charge in [0, 0.05) is 52.6 Å². The highest BCUT2D eigenvalue weighted by atomic mass is 32.1. The molecular weight excluding hydrogens is 657 g/mol. The van der Waals surface area contributed by atoms with Crippen LogP contribution in [0.3, 0.4) is 0 Å². The van der Waals surface area contributed by atoms with Crippen LogP contribution in [-0.2, 0) is 10.8 Å². The number of ketones is 4. The van der Waals surface area contributed by atoms with E-state index in [1.54, 1.807) is 34.8 Å². The molecule has 0 spiro atoms. The Morgan fingerprint density at radius 3 is 1.06 bits per heavy atom. The summed E-state index contributed by atoms with van der Waals surface area (Å²) in [6, 6.07) is 27.2. The Kier molecular flexibility index (Phi) is 5.73. The molecule has 4 aliphatic carbocycles. The highest BCUT2D eigenvalue weighted by Crippen LogP contribution is 2.66. The van der Waals surface area contributed by atoms with Crippen molar-refractivity contribution < 1.29 is 19.2 Å². The lowest BCUT2D eigenvalue weighted by molar-refractivity contribution is 0.0975. The molecule has 0 amide bonds. The molecule has 0 fully saturated rings. The Morgan fingerprint density at radius 2 is 0.760 bits per heavy atom. The van der Waals surface area contributed by atoms with Gasteiger partial charge in [-0.2, -0.15) is 0 Å². The fraction of sp³-hybridized carbons (Fsp3) is 0.136. The van der Waals surface area contributed by atoms with Crippen molar-refractivity contribution >= 4 is 90.6 Å². The second kappa shape index (κ2) is 9.69. The fourth-order valence-electron chi connectivity index (χ4n) is 8.52. The van der Waals surface area contributed by atoms with Crippen LogP contribution in [0.1, 0.15) is 99.8 Å². The van der Waals surface area contributed by atoms with Crippen molar-refractivity contribution in [1.82, 2.24) is 0 Å². The van der Waals surface area contributed by atoms with Crippen molar-refractivity contribution in [3.05, 3.63) is 149 Å². The van der Waals surface area contributed by atoms with E-state index in [9.17, 15) is 19.2 Å². The van der Waals surface area contributed by atoms with Crippen molar-refractivity contribution in [2.75, 3.05) is 0 Å². The van der Waals surface area contributed by atoms with Crippen LogP contribution in [0.25, 0.3) is 44.8 Å². The number of allylic oxidation sites excluding steroid dienone is 4. The second-order valence-electron chi connectivity index (χ2n) is 14.7. The number of Topliss-reactive ketones (excluding diaryl/α,β-unsaturated/α-hetero) is 4. The summed E-state index contributed by atoms with van der Waals surface area (Å²) in [7, 11) is 0. The fourth-order valence-corrected chi connectivity index (χ4v) is 11.5. The van der Waals surface area contributed by atoms with Gasteiger partial charge in [-0.05, 0) is 92.4 Å². The molecule has 0 atom stereocenters. The van der Waals surface area contributed by atoms with Crippen LogP contribution in [0.15, 0.2) is 96.1 Å². The zero-order valence-electron chi connectivity index (χ0n) is 27.7. The zero-order valence-corrected chi connectivity index (χ0v) is 29.3. The number of carbonyl (C=O) groups is 4. The minimum atomic E-state index is -0.324. The predicted molar refractivity (Wildman–Crippen MR) is 203 cm³/mol. The third kappa shape index (κ3) is 3.75. The Balaban J connectivity index is 1.02. The van der Waals surface area contributed by atoms with Crippen LogP contribution in [0.4, 0.5) is 0 Å². The predicted octanol–water partition coefficient (Wildman–Crippen LogP) is 10.5. The van der Waals surface area contributed by atoms with Crippen molar-refractivity contribution in [3.63, 3.8) is 0 Å². The SMILES string of the molecule is CC1(C)C2=C(c3sc(C=C4C(=O)c5cc6ccccc6cc5C4=O)cc31)C(C)(C)c1cc(C=C3C(=O)c4cc5ccccc5cc4C3=O)sc12. The standard InChI is InChI=1S/C44H28O4S2/c1-43(2)33-19-25(17-31-37(45)27-13-21-9-5-6-10-22(21)14-28(27)38(31)46)49-41(33)36-35(43)42-34(44(36,3)4)20-26(50-42)18-32-39(47)29-15-23-11-7-8-12-24(23)16-30(29)40(32)48/h5-20H,1-4H3. The molecule has 2 heterocycles. The van der Waals surface area contributed by atoms with Gasteiger partial charge in [-0.25, -0.2) is 0 Å². The molecule has 0 N–H and O–H groups in total. The quantitative estimate of drug-likeness (QED) is 0.134. The molecule has 4 aliphatic rings. The average molecular weight is 685 g/mol. The molecule has 0 radical (unpaired) electrons.